The summed E-state index contributed by atoms with van der Waals surface area (Å²) in [6, 6.07) is 10.0. The van der Waals surface area contributed by atoms with E-state index in [1.807, 2.05) is 11.0 Å². The van der Waals surface area contributed by atoms with E-state index in [1.165, 1.54) is 23.5 Å². The van der Waals surface area contributed by atoms with Crippen LogP contribution in [0, 0.1) is 5.82 Å². The van der Waals surface area contributed by atoms with Crippen LogP contribution in [0.4, 0.5) is 4.39 Å². The fourth-order valence-corrected chi connectivity index (χ4v) is 5.62. The molecule has 2 saturated heterocycles. The first kappa shape index (κ1) is 20.4. The maximum absolute atomic E-state index is 13.5. The molecule has 2 aliphatic heterocycles. The minimum atomic E-state index is -0.339. The third-order valence-corrected chi connectivity index (χ3v) is 7.58. The Morgan fingerprint density at radius 2 is 1.81 bits per heavy atom. The summed E-state index contributed by atoms with van der Waals surface area (Å²) in [6.45, 7) is 4.10. The molecular weight excluding hydrogens is 439 g/mol. The van der Waals surface area contributed by atoms with E-state index in [9.17, 15) is 14.0 Å². The number of benzene rings is 1. The third-order valence-electron chi connectivity index (χ3n) is 5.94. The molecule has 6 nitrogen and oxygen atoms in total. The average Bonchev–Trinajstić information content (AvgIpc) is 3.09. The summed E-state index contributed by atoms with van der Waals surface area (Å²) < 4.78 is 14.2. The number of likely N-dealkylation sites (tertiary alicyclic amines) is 1. The van der Waals surface area contributed by atoms with Gasteiger partial charge < -0.3 is 9.80 Å². The maximum Gasteiger partial charge on any atom is 0.272 e. The number of aromatic nitrogens is 1. The lowest BCUT2D eigenvalue weighted by atomic mass is 10.1. The van der Waals surface area contributed by atoms with Crippen LogP contribution in [0.3, 0.4) is 0 Å². The number of pyridine rings is 1. The molecule has 2 amide bonds. The van der Waals surface area contributed by atoms with E-state index in [-0.39, 0.29) is 23.7 Å². The molecule has 0 atom stereocenters. The molecule has 2 aromatic heterocycles. The lowest BCUT2D eigenvalue weighted by molar-refractivity contribution is 0.00869. The molecule has 1 aromatic carbocycles. The van der Waals surface area contributed by atoms with Crippen LogP contribution in [-0.4, -0.2) is 76.8 Å². The first-order valence-corrected chi connectivity index (χ1v) is 11.3. The summed E-state index contributed by atoms with van der Waals surface area (Å²) in [5.74, 6) is -0.484. The number of nitrogens with zero attached hydrogens (tertiary/aromatic N) is 4. The van der Waals surface area contributed by atoms with Gasteiger partial charge in [-0.3, -0.25) is 19.5 Å². The Morgan fingerprint density at radius 3 is 2.52 bits per heavy atom. The fraction of sp³-hybridized carbons (Fsp3) is 0.318. The molecular formula is C22H20ClFN4O2S. The van der Waals surface area contributed by atoms with Crippen molar-refractivity contribution < 1.29 is 14.0 Å². The first-order chi connectivity index (χ1) is 15.0. The summed E-state index contributed by atoms with van der Waals surface area (Å²) >= 11 is 7.63. The van der Waals surface area contributed by atoms with Gasteiger partial charge in [-0.25, -0.2) is 4.39 Å². The minimum absolute atomic E-state index is 0.0403. The van der Waals surface area contributed by atoms with Gasteiger partial charge in [-0.05, 0) is 30.3 Å². The van der Waals surface area contributed by atoms with Crippen LogP contribution < -0.4 is 0 Å². The molecule has 0 saturated carbocycles. The van der Waals surface area contributed by atoms with E-state index >= 15 is 0 Å². The number of halogens is 2. The second kappa shape index (κ2) is 8.18. The predicted molar refractivity (Wildman–Crippen MR) is 118 cm³/mol. The lowest BCUT2D eigenvalue weighted by Gasteiger charge is -2.48. The van der Waals surface area contributed by atoms with E-state index in [0.717, 1.165) is 13.1 Å². The van der Waals surface area contributed by atoms with Crippen LogP contribution in [0.5, 0.6) is 0 Å². The van der Waals surface area contributed by atoms with Crippen molar-refractivity contribution in [3.63, 3.8) is 0 Å². The highest BCUT2D eigenvalue weighted by Crippen LogP contribution is 2.37. The second-order valence-corrected chi connectivity index (χ2v) is 9.22. The molecule has 160 valence electrons. The zero-order valence-electron chi connectivity index (χ0n) is 16.6. The van der Waals surface area contributed by atoms with Gasteiger partial charge in [0.15, 0.2) is 0 Å². The highest BCUT2D eigenvalue weighted by molar-refractivity contribution is 7.21. The van der Waals surface area contributed by atoms with Gasteiger partial charge in [0.05, 0.1) is 5.02 Å². The monoisotopic (exact) mass is 458 g/mol. The quantitative estimate of drug-likeness (QED) is 0.604. The SMILES string of the molecule is O=C(c1ccccn1)N1CCN(C2CN(C(=O)c3sc4cc(F)ccc4c3Cl)C2)CC1. The van der Waals surface area contributed by atoms with Crippen molar-refractivity contribution in [1.29, 1.82) is 0 Å². The number of thiophene rings is 1. The molecule has 0 aliphatic carbocycles. The Kier molecular flexibility index (Phi) is 5.37. The molecule has 0 bridgehead atoms. The Hall–Kier alpha value is -2.55. The van der Waals surface area contributed by atoms with Crippen LogP contribution >= 0.6 is 22.9 Å². The number of carbonyl (C=O) groups excluding carboxylic acids is 2. The van der Waals surface area contributed by atoms with E-state index in [0.29, 0.717) is 51.9 Å². The number of fused-ring (bicyclic) bond motifs is 1. The van der Waals surface area contributed by atoms with Crippen molar-refractivity contribution in [1.82, 2.24) is 19.7 Å². The average molecular weight is 459 g/mol. The van der Waals surface area contributed by atoms with Gasteiger partial charge in [-0.2, -0.15) is 0 Å². The van der Waals surface area contributed by atoms with Gasteiger partial charge in [-0.15, -0.1) is 11.3 Å². The Labute approximate surface area is 187 Å². The number of amides is 2. The molecule has 5 rings (SSSR count). The lowest BCUT2D eigenvalue weighted by Crippen LogP contribution is -2.64. The molecule has 2 aliphatic rings. The van der Waals surface area contributed by atoms with E-state index in [2.05, 4.69) is 9.88 Å². The molecule has 2 fully saturated rings. The molecule has 9 heteroatoms. The van der Waals surface area contributed by atoms with E-state index < -0.39 is 0 Å². The summed E-state index contributed by atoms with van der Waals surface area (Å²) in [6.07, 6.45) is 1.63. The molecule has 0 unspecified atom stereocenters. The molecule has 0 spiro atoms. The topological polar surface area (TPSA) is 56.8 Å². The number of rotatable bonds is 3. The van der Waals surface area contributed by atoms with Crippen LogP contribution in [0.15, 0.2) is 42.6 Å². The normalized spacial score (nSPS) is 17.7. The van der Waals surface area contributed by atoms with Crippen LogP contribution in [0.25, 0.3) is 10.1 Å². The summed E-state index contributed by atoms with van der Waals surface area (Å²) in [4.78, 5) is 36.0. The van der Waals surface area contributed by atoms with Crippen LogP contribution in [-0.2, 0) is 0 Å². The van der Waals surface area contributed by atoms with Gasteiger partial charge >= 0.3 is 0 Å². The Bertz CT molecular complexity index is 1140. The van der Waals surface area contributed by atoms with Crippen LogP contribution in [0.2, 0.25) is 5.02 Å². The van der Waals surface area contributed by atoms with Crippen LogP contribution in [0.1, 0.15) is 20.2 Å². The van der Waals surface area contributed by atoms with Gasteiger partial charge in [-0.1, -0.05) is 17.7 Å². The van der Waals surface area contributed by atoms with Crippen molar-refractivity contribution in [2.24, 2.45) is 0 Å². The van der Waals surface area contributed by atoms with Gasteiger partial charge in [0, 0.05) is 61.6 Å². The van der Waals surface area contributed by atoms with Crippen molar-refractivity contribution in [2.75, 3.05) is 39.3 Å². The molecule has 3 aromatic rings. The number of hydrogen-bond donors (Lipinski definition) is 0. The zero-order chi connectivity index (χ0) is 21.5. The number of hydrogen-bond acceptors (Lipinski definition) is 5. The molecule has 31 heavy (non-hydrogen) atoms. The van der Waals surface area contributed by atoms with Gasteiger partial charge in [0.2, 0.25) is 0 Å². The van der Waals surface area contributed by atoms with Crippen molar-refractivity contribution in [3.8, 4) is 0 Å². The molecule has 0 N–H and O–H groups in total. The highest BCUT2D eigenvalue weighted by Gasteiger charge is 2.38. The Morgan fingerprint density at radius 1 is 1.03 bits per heavy atom. The smallest absolute Gasteiger partial charge is 0.272 e. The number of piperazine rings is 1. The summed E-state index contributed by atoms with van der Waals surface area (Å²) in [5.41, 5.74) is 0.469. The number of carbonyl (C=O) groups is 2. The molecule has 0 radical (unpaired) electrons. The van der Waals surface area contributed by atoms with Gasteiger partial charge in [0.25, 0.3) is 11.8 Å². The van der Waals surface area contributed by atoms with Crippen molar-refractivity contribution in [2.45, 2.75) is 6.04 Å². The Balaban J connectivity index is 1.17. The standard InChI is InChI=1S/C22H20ClFN4O2S/c23-19-16-5-4-14(24)11-18(16)31-20(19)22(30)28-12-15(13-28)26-7-9-27(10-8-26)21(29)17-3-1-2-6-25-17/h1-6,11,15H,7-10,12-13H2. The minimum Gasteiger partial charge on any atom is -0.335 e. The zero-order valence-corrected chi connectivity index (χ0v) is 18.2. The fourth-order valence-electron chi connectivity index (χ4n) is 4.11. The first-order valence-electron chi connectivity index (χ1n) is 10.1. The van der Waals surface area contributed by atoms with Crippen molar-refractivity contribution in [3.05, 3.63) is 64.0 Å². The summed E-state index contributed by atoms with van der Waals surface area (Å²) in [7, 11) is 0. The molecule has 4 heterocycles. The third kappa shape index (κ3) is 3.79. The van der Waals surface area contributed by atoms with Crippen molar-refractivity contribution >= 4 is 44.8 Å². The highest BCUT2D eigenvalue weighted by atomic mass is 35.5. The maximum atomic E-state index is 13.5. The van der Waals surface area contributed by atoms with E-state index in [1.54, 1.807) is 29.3 Å². The second-order valence-electron chi connectivity index (χ2n) is 7.79. The van der Waals surface area contributed by atoms with Gasteiger partial charge in [0.1, 0.15) is 16.4 Å². The largest absolute Gasteiger partial charge is 0.335 e. The van der Waals surface area contributed by atoms with E-state index in [4.69, 9.17) is 11.6 Å². The summed E-state index contributed by atoms with van der Waals surface area (Å²) in [5, 5.41) is 1.11. The predicted octanol–water partition coefficient (Wildman–Crippen LogP) is 3.37.